The van der Waals surface area contributed by atoms with Gasteiger partial charge in [-0.05, 0) is 36.9 Å². The topological polar surface area (TPSA) is 32.3 Å². The van der Waals surface area contributed by atoms with Crippen LogP contribution in [0.4, 0.5) is 0 Å². The largest absolute Gasteiger partial charge is 0.396 e. The third kappa shape index (κ3) is 6.95. The zero-order valence-corrected chi connectivity index (χ0v) is 9.16. The molecule has 0 aromatic carbocycles. The molecule has 3 heteroatoms. The SMILES string of the molecule is CSCC(C)CNCC(C)CO. The summed E-state index contributed by atoms with van der Waals surface area (Å²) in [5.74, 6) is 2.32. The van der Waals surface area contributed by atoms with Gasteiger partial charge in [0.05, 0.1) is 0 Å². The summed E-state index contributed by atoms with van der Waals surface area (Å²) in [4.78, 5) is 0. The first kappa shape index (κ1) is 12.3. The van der Waals surface area contributed by atoms with Crippen LogP contribution in [0.5, 0.6) is 0 Å². The van der Waals surface area contributed by atoms with Crippen LogP contribution < -0.4 is 5.32 Å². The van der Waals surface area contributed by atoms with Crippen molar-refractivity contribution in [2.75, 3.05) is 31.7 Å². The molecule has 0 saturated carbocycles. The Kier molecular flexibility index (Phi) is 8.07. The van der Waals surface area contributed by atoms with Gasteiger partial charge in [0.2, 0.25) is 0 Å². The van der Waals surface area contributed by atoms with E-state index in [-0.39, 0.29) is 6.61 Å². The molecule has 0 heterocycles. The molecule has 0 aromatic rings. The van der Waals surface area contributed by atoms with Gasteiger partial charge >= 0.3 is 0 Å². The lowest BCUT2D eigenvalue weighted by Gasteiger charge is -2.13. The van der Waals surface area contributed by atoms with Gasteiger partial charge in [-0.2, -0.15) is 11.8 Å². The van der Waals surface area contributed by atoms with Crippen LogP contribution in [0.2, 0.25) is 0 Å². The van der Waals surface area contributed by atoms with Crippen LogP contribution in [-0.2, 0) is 0 Å². The lowest BCUT2D eigenvalue weighted by Crippen LogP contribution is -2.28. The second-order valence-electron chi connectivity index (χ2n) is 3.51. The molecule has 0 fully saturated rings. The molecule has 0 saturated heterocycles. The third-order valence-electron chi connectivity index (χ3n) is 1.75. The minimum atomic E-state index is 0.282. The van der Waals surface area contributed by atoms with Crippen molar-refractivity contribution in [2.24, 2.45) is 11.8 Å². The normalized spacial score (nSPS) is 16.0. The number of hydrogen-bond donors (Lipinski definition) is 2. The lowest BCUT2D eigenvalue weighted by atomic mass is 10.2. The van der Waals surface area contributed by atoms with Gasteiger partial charge in [0.15, 0.2) is 0 Å². The molecule has 0 radical (unpaired) electrons. The van der Waals surface area contributed by atoms with Gasteiger partial charge in [-0.15, -0.1) is 0 Å². The minimum absolute atomic E-state index is 0.282. The Labute approximate surface area is 80.1 Å². The fourth-order valence-corrected chi connectivity index (χ4v) is 1.67. The van der Waals surface area contributed by atoms with Gasteiger partial charge in [-0.1, -0.05) is 13.8 Å². The Morgan fingerprint density at radius 1 is 1.25 bits per heavy atom. The van der Waals surface area contributed by atoms with E-state index in [2.05, 4.69) is 18.5 Å². The molecule has 0 aliphatic carbocycles. The van der Waals surface area contributed by atoms with E-state index in [1.54, 1.807) is 0 Å². The maximum Gasteiger partial charge on any atom is 0.0468 e. The van der Waals surface area contributed by atoms with Crippen LogP contribution in [-0.4, -0.2) is 36.8 Å². The molecule has 12 heavy (non-hydrogen) atoms. The monoisotopic (exact) mass is 191 g/mol. The number of aliphatic hydroxyl groups is 1. The molecule has 0 aliphatic rings. The molecular weight excluding hydrogens is 170 g/mol. The van der Waals surface area contributed by atoms with E-state index >= 15 is 0 Å². The predicted octanol–water partition coefficient (Wildman–Crippen LogP) is 1.20. The van der Waals surface area contributed by atoms with Crippen LogP contribution in [0, 0.1) is 11.8 Å². The van der Waals surface area contributed by atoms with Crippen LogP contribution in [0.25, 0.3) is 0 Å². The van der Waals surface area contributed by atoms with E-state index in [1.165, 1.54) is 5.75 Å². The Morgan fingerprint density at radius 3 is 2.33 bits per heavy atom. The average molecular weight is 191 g/mol. The highest BCUT2D eigenvalue weighted by Crippen LogP contribution is 2.02. The number of nitrogens with one attached hydrogen (secondary N) is 1. The highest BCUT2D eigenvalue weighted by molar-refractivity contribution is 7.98. The molecule has 0 spiro atoms. The second-order valence-corrected chi connectivity index (χ2v) is 4.42. The molecule has 74 valence electrons. The zero-order chi connectivity index (χ0) is 9.40. The summed E-state index contributed by atoms with van der Waals surface area (Å²) >= 11 is 1.88. The number of hydrogen-bond acceptors (Lipinski definition) is 3. The van der Waals surface area contributed by atoms with Gasteiger partial charge in [-0.25, -0.2) is 0 Å². The molecule has 2 atom stereocenters. The molecule has 0 bridgehead atoms. The molecular formula is C9H21NOS. The summed E-state index contributed by atoms with van der Waals surface area (Å²) < 4.78 is 0. The predicted molar refractivity (Wildman–Crippen MR) is 56.7 cm³/mol. The molecule has 0 amide bonds. The fraction of sp³-hybridized carbons (Fsp3) is 1.00. The number of thioether (sulfide) groups is 1. The van der Waals surface area contributed by atoms with Crippen LogP contribution in [0.3, 0.4) is 0 Å². The van der Waals surface area contributed by atoms with Crippen molar-refractivity contribution in [1.82, 2.24) is 5.32 Å². The summed E-state index contributed by atoms with van der Waals surface area (Å²) in [6.45, 7) is 6.56. The fourth-order valence-electron chi connectivity index (χ4n) is 0.984. The van der Waals surface area contributed by atoms with Crippen LogP contribution in [0.15, 0.2) is 0 Å². The highest BCUT2D eigenvalue weighted by atomic mass is 32.2. The Bertz CT molecular complexity index is 101. The number of rotatable bonds is 7. The van der Waals surface area contributed by atoms with Crippen molar-refractivity contribution in [3.05, 3.63) is 0 Å². The molecule has 2 nitrogen and oxygen atoms in total. The summed E-state index contributed by atoms with van der Waals surface area (Å²) in [6.07, 6.45) is 2.13. The van der Waals surface area contributed by atoms with Crippen LogP contribution >= 0.6 is 11.8 Å². The first-order valence-corrected chi connectivity index (χ1v) is 5.90. The van der Waals surface area contributed by atoms with Crippen molar-refractivity contribution in [3.8, 4) is 0 Å². The lowest BCUT2D eigenvalue weighted by molar-refractivity contribution is 0.233. The first-order chi connectivity index (χ1) is 5.70. The maximum atomic E-state index is 8.76. The summed E-state index contributed by atoms with van der Waals surface area (Å²) in [5, 5.41) is 12.1. The van der Waals surface area contributed by atoms with Crippen molar-refractivity contribution in [1.29, 1.82) is 0 Å². The average Bonchev–Trinajstić information content (AvgIpc) is 2.04. The van der Waals surface area contributed by atoms with Crippen molar-refractivity contribution < 1.29 is 5.11 Å². The zero-order valence-electron chi connectivity index (χ0n) is 8.34. The van der Waals surface area contributed by atoms with E-state index < -0.39 is 0 Å². The Hall–Kier alpha value is 0.270. The summed E-state index contributed by atoms with van der Waals surface area (Å²) in [5.41, 5.74) is 0. The van der Waals surface area contributed by atoms with E-state index in [0.29, 0.717) is 5.92 Å². The highest BCUT2D eigenvalue weighted by Gasteiger charge is 2.02. The van der Waals surface area contributed by atoms with Gasteiger partial charge in [0, 0.05) is 6.61 Å². The molecule has 2 unspecified atom stereocenters. The van der Waals surface area contributed by atoms with Gasteiger partial charge in [-0.3, -0.25) is 0 Å². The maximum absolute atomic E-state index is 8.76. The van der Waals surface area contributed by atoms with Crippen molar-refractivity contribution >= 4 is 11.8 Å². The standard InChI is InChI=1S/C9H21NOS/c1-8(6-11)4-10-5-9(2)7-12-3/h8-11H,4-7H2,1-3H3. The van der Waals surface area contributed by atoms with Crippen molar-refractivity contribution in [2.45, 2.75) is 13.8 Å². The van der Waals surface area contributed by atoms with Gasteiger partial charge < -0.3 is 10.4 Å². The Morgan fingerprint density at radius 2 is 1.83 bits per heavy atom. The van der Waals surface area contributed by atoms with E-state index in [1.807, 2.05) is 18.7 Å². The third-order valence-corrected chi connectivity index (χ3v) is 2.65. The van der Waals surface area contributed by atoms with E-state index in [9.17, 15) is 0 Å². The first-order valence-electron chi connectivity index (χ1n) is 4.51. The summed E-state index contributed by atoms with van der Waals surface area (Å²) in [7, 11) is 0. The number of aliphatic hydroxyl groups excluding tert-OH is 1. The second kappa shape index (κ2) is 7.90. The minimum Gasteiger partial charge on any atom is -0.396 e. The molecule has 0 rings (SSSR count). The van der Waals surface area contributed by atoms with Gasteiger partial charge in [0.25, 0.3) is 0 Å². The van der Waals surface area contributed by atoms with Crippen molar-refractivity contribution in [3.63, 3.8) is 0 Å². The molecule has 0 aliphatic heterocycles. The van der Waals surface area contributed by atoms with Crippen LogP contribution in [0.1, 0.15) is 13.8 Å². The van der Waals surface area contributed by atoms with E-state index in [4.69, 9.17) is 5.11 Å². The summed E-state index contributed by atoms with van der Waals surface area (Å²) in [6, 6.07) is 0. The molecule has 0 aromatic heterocycles. The van der Waals surface area contributed by atoms with Gasteiger partial charge in [0.1, 0.15) is 0 Å². The quantitative estimate of drug-likeness (QED) is 0.634. The molecule has 2 N–H and O–H groups in total. The smallest absolute Gasteiger partial charge is 0.0468 e. The van der Waals surface area contributed by atoms with E-state index in [0.717, 1.165) is 19.0 Å². The Balaban J connectivity index is 3.18.